The number of aryl methyl sites for hydroxylation is 1. The third-order valence-corrected chi connectivity index (χ3v) is 5.72. The number of hydrogen-bond acceptors (Lipinski definition) is 2. The van der Waals surface area contributed by atoms with Crippen molar-refractivity contribution < 1.29 is 10.0 Å². The summed E-state index contributed by atoms with van der Waals surface area (Å²) in [5.41, 5.74) is 6.21. The molecule has 0 atom stereocenters. The van der Waals surface area contributed by atoms with Crippen LogP contribution in [0.5, 0.6) is 0 Å². The number of fused-ring (bicyclic) bond motifs is 2. The minimum atomic E-state index is -1.49. The van der Waals surface area contributed by atoms with Gasteiger partial charge in [0, 0.05) is 0 Å². The molecule has 0 aliphatic heterocycles. The van der Waals surface area contributed by atoms with Gasteiger partial charge in [-0.15, -0.1) is 0 Å². The highest BCUT2D eigenvalue weighted by Gasteiger charge is 2.18. The highest BCUT2D eigenvalue weighted by atomic mass is 16.4. The minimum absolute atomic E-state index is 0.490. The van der Waals surface area contributed by atoms with Gasteiger partial charge in [0.25, 0.3) is 0 Å². The molecule has 0 radical (unpaired) electrons. The number of hydrogen-bond donors (Lipinski definition) is 2. The lowest BCUT2D eigenvalue weighted by Gasteiger charge is -2.18. The van der Waals surface area contributed by atoms with Crippen molar-refractivity contribution in [3.8, 4) is 22.3 Å². The molecule has 0 aliphatic carbocycles. The predicted octanol–water partition coefficient (Wildman–Crippen LogP) is 5.32. The van der Waals surface area contributed by atoms with E-state index in [0.717, 1.165) is 21.9 Å². The van der Waals surface area contributed by atoms with Gasteiger partial charge in [-0.25, -0.2) is 0 Å². The maximum atomic E-state index is 9.71. The van der Waals surface area contributed by atoms with Crippen LogP contribution in [-0.2, 0) is 0 Å². The molecule has 5 aromatic carbocycles. The fourth-order valence-corrected chi connectivity index (χ4v) is 4.37. The van der Waals surface area contributed by atoms with Gasteiger partial charge in [-0.1, -0.05) is 103 Å². The molecule has 0 saturated carbocycles. The zero-order valence-electron chi connectivity index (χ0n) is 16.7. The summed E-state index contributed by atoms with van der Waals surface area (Å²) >= 11 is 0. The Hall–Kier alpha value is -3.40. The lowest BCUT2D eigenvalue weighted by molar-refractivity contribution is 0.426. The van der Waals surface area contributed by atoms with Crippen LogP contribution in [-0.4, -0.2) is 17.2 Å². The molecule has 0 bridgehead atoms. The van der Waals surface area contributed by atoms with E-state index < -0.39 is 7.12 Å². The average Bonchev–Trinajstić information content (AvgIpc) is 2.78. The Morgan fingerprint density at radius 3 is 1.83 bits per heavy atom. The Bertz CT molecular complexity index is 1370. The maximum absolute atomic E-state index is 9.71. The summed E-state index contributed by atoms with van der Waals surface area (Å²) in [6.07, 6.45) is 0. The topological polar surface area (TPSA) is 40.5 Å². The first-order valence-corrected chi connectivity index (χ1v) is 10.1. The molecule has 0 spiro atoms. The van der Waals surface area contributed by atoms with E-state index >= 15 is 0 Å². The van der Waals surface area contributed by atoms with Gasteiger partial charge in [-0.2, -0.15) is 0 Å². The summed E-state index contributed by atoms with van der Waals surface area (Å²) in [7, 11) is -1.49. The van der Waals surface area contributed by atoms with Crippen molar-refractivity contribution in [1.82, 2.24) is 0 Å². The predicted molar refractivity (Wildman–Crippen MR) is 127 cm³/mol. The van der Waals surface area contributed by atoms with Gasteiger partial charge in [0.15, 0.2) is 0 Å². The Labute approximate surface area is 176 Å². The molecule has 5 rings (SSSR count). The van der Waals surface area contributed by atoms with Crippen LogP contribution in [0, 0.1) is 6.92 Å². The van der Waals surface area contributed by atoms with Crippen LogP contribution in [0.1, 0.15) is 5.56 Å². The second-order valence-corrected chi connectivity index (χ2v) is 7.71. The summed E-state index contributed by atoms with van der Waals surface area (Å²) in [6.45, 7) is 2.12. The van der Waals surface area contributed by atoms with Gasteiger partial charge in [0.05, 0.1) is 0 Å². The van der Waals surface area contributed by atoms with E-state index in [1.54, 1.807) is 6.07 Å². The van der Waals surface area contributed by atoms with E-state index in [1.807, 2.05) is 24.3 Å². The quantitative estimate of drug-likeness (QED) is 0.325. The third-order valence-electron chi connectivity index (χ3n) is 5.72. The molecule has 0 saturated heterocycles. The highest BCUT2D eigenvalue weighted by Crippen LogP contribution is 2.43. The Kier molecular flexibility index (Phi) is 4.63. The van der Waals surface area contributed by atoms with Crippen LogP contribution in [0.25, 0.3) is 43.8 Å². The molecule has 0 amide bonds. The molecule has 2 N–H and O–H groups in total. The fraction of sp³-hybridized carbons (Fsp3) is 0.0370. The van der Waals surface area contributed by atoms with Crippen molar-refractivity contribution in [3.05, 3.63) is 103 Å². The largest absolute Gasteiger partial charge is 0.488 e. The monoisotopic (exact) mass is 388 g/mol. The van der Waals surface area contributed by atoms with Crippen molar-refractivity contribution in [2.75, 3.05) is 0 Å². The minimum Gasteiger partial charge on any atom is -0.423 e. The van der Waals surface area contributed by atoms with Crippen molar-refractivity contribution in [2.24, 2.45) is 0 Å². The molecule has 0 aliphatic rings. The van der Waals surface area contributed by atoms with Gasteiger partial charge < -0.3 is 10.0 Å². The first-order chi connectivity index (χ1) is 14.6. The second-order valence-electron chi connectivity index (χ2n) is 7.71. The molecule has 2 nitrogen and oxygen atoms in total. The van der Waals surface area contributed by atoms with Crippen LogP contribution in [0.4, 0.5) is 0 Å². The lowest BCUT2D eigenvalue weighted by atomic mass is 9.78. The van der Waals surface area contributed by atoms with Crippen LogP contribution < -0.4 is 5.46 Å². The van der Waals surface area contributed by atoms with E-state index in [1.165, 1.54) is 27.5 Å². The molecular weight excluding hydrogens is 367 g/mol. The van der Waals surface area contributed by atoms with E-state index in [2.05, 4.69) is 73.7 Å². The van der Waals surface area contributed by atoms with Crippen molar-refractivity contribution >= 4 is 34.1 Å². The van der Waals surface area contributed by atoms with E-state index in [-0.39, 0.29) is 0 Å². The Morgan fingerprint density at radius 1 is 0.533 bits per heavy atom. The van der Waals surface area contributed by atoms with Crippen molar-refractivity contribution in [3.63, 3.8) is 0 Å². The molecular formula is C27H21BO2. The smallest absolute Gasteiger partial charge is 0.423 e. The molecule has 144 valence electrons. The lowest BCUT2D eigenvalue weighted by Crippen LogP contribution is -2.29. The normalized spacial score (nSPS) is 11.2. The first-order valence-electron chi connectivity index (χ1n) is 10.1. The number of benzene rings is 5. The molecule has 30 heavy (non-hydrogen) atoms. The van der Waals surface area contributed by atoms with Crippen molar-refractivity contribution in [2.45, 2.75) is 6.92 Å². The zero-order chi connectivity index (χ0) is 20.7. The molecule has 0 unspecified atom stereocenters. The van der Waals surface area contributed by atoms with Crippen LogP contribution >= 0.6 is 0 Å². The summed E-state index contributed by atoms with van der Waals surface area (Å²) in [5.74, 6) is 0. The standard InChI is InChI=1S/C27H21BO2/c1-18-14-15-24-25(16-18)26(19-8-3-2-4-9-19)22-12-5-6-13-23(22)27(24)20-10-7-11-21(17-20)28(29)30/h2-17,29-30H,1H3. The van der Waals surface area contributed by atoms with E-state index in [9.17, 15) is 10.0 Å². The Balaban J connectivity index is 1.97. The summed E-state index contributed by atoms with van der Waals surface area (Å²) in [4.78, 5) is 0. The van der Waals surface area contributed by atoms with Gasteiger partial charge in [0.1, 0.15) is 0 Å². The van der Waals surface area contributed by atoms with E-state index in [0.29, 0.717) is 5.46 Å². The van der Waals surface area contributed by atoms with Gasteiger partial charge in [-0.05, 0) is 56.2 Å². The highest BCUT2D eigenvalue weighted by molar-refractivity contribution is 6.58. The maximum Gasteiger partial charge on any atom is 0.488 e. The molecule has 0 aromatic heterocycles. The molecule has 0 fully saturated rings. The van der Waals surface area contributed by atoms with Gasteiger partial charge in [-0.3, -0.25) is 0 Å². The van der Waals surface area contributed by atoms with Crippen LogP contribution in [0.2, 0.25) is 0 Å². The average molecular weight is 388 g/mol. The molecule has 0 heterocycles. The SMILES string of the molecule is Cc1ccc2c(-c3cccc(B(O)O)c3)c3ccccc3c(-c3ccccc3)c2c1. The third kappa shape index (κ3) is 3.09. The molecule has 5 aromatic rings. The zero-order valence-corrected chi connectivity index (χ0v) is 16.7. The van der Waals surface area contributed by atoms with E-state index in [4.69, 9.17) is 0 Å². The second kappa shape index (κ2) is 7.45. The first kappa shape index (κ1) is 18.6. The van der Waals surface area contributed by atoms with Crippen LogP contribution in [0.3, 0.4) is 0 Å². The Morgan fingerprint density at radius 2 is 1.13 bits per heavy atom. The fourth-order valence-electron chi connectivity index (χ4n) is 4.37. The van der Waals surface area contributed by atoms with Crippen LogP contribution in [0.15, 0.2) is 97.1 Å². The summed E-state index contributed by atoms with van der Waals surface area (Å²) in [6, 6.07) is 33.1. The summed E-state index contributed by atoms with van der Waals surface area (Å²) < 4.78 is 0. The number of rotatable bonds is 3. The van der Waals surface area contributed by atoms with Gasteiger partial charge in [0.2, 0.25) is 0 Å². The summed E-state index contributed by atoms with van der Waals surface area (Å²) in [5, 5.41) is 24.1. The van der Waals surface area contributed by atoms with Crippen molar-refractivity contribution in [1.29, 1.82) is 0 Å². The molecule has 3 heteroatoms. The van der Waals surface area contributed by atoms with Gasteiger partial charge >= 0.3 is 7.12 Å².